The van der Waals surface area contributed by atoms with Gasteiger partial charge in [-0.15, -0.1) is 0 Å². The van der Waals surface area contributed by atoms with Gasteiger partial charge in [-0.2, -0.15) is 16.1 Å². The first-order valence-corrected chi connectivity index (χ1v) is 9.87. The van der Waals surface area contributed by atoms with Crippen molar-refractivity contribution in [2.45, 2.75) is 4.90 Å². The summed E-state index contributed by atoms with van der Waals surface area (Å²) >= 11 is 1.39. The molecule has 9 heteroatoms. The van der Waals surface area contributed by atoms with Crippen LogP contribution >= 0.6 is 11.8 Å². The Morgan fingerprint density at radius 2 is 2.09 bits per heavy atom. The fourth-order valence-corrected chi connectivity index (χ4v) is 4.13. The second-order valence-corrected chi connectivity index (χ2v) is 7.64. The molecule has 0 radical (unpaired) electrons. The molecule has 0 aliphatic carbocycles. The number of hydrogen-bond donors (Lipinski definition) is 1. The Balaban J connectivity index is 2.33. The molecule has 1 aromatic carbocycles. The lowest BCUT2D eigenvalue weighted by Gasteiger charge is -2.26. The number of rotatable bonds is 6. The highest BCUT2D eigenvalue weighted by molar-refractivity contribution is 7.99. The number of ether oxygens (including phenoxy) is 2. The van der Waals surface area contributed by atoms with Gasteiger partial charge in [0, 0.05) is 18.8 Å². The lowest BCUT2D eigenvalue weighted by Crippen LogP contribution is -2.40. The number of thioether (sulfide) groups is 1. The number of sulfonamides is 1. The van der Waals surface area contributed by atoms with E-state index in [2.05, 4.69) is 5.32 Å². The van der Waals surface area contributed by atoms with Crippen LogP contribution in [0.5, 0.6) is 5.75 Å². The zero-order valence-electron chi connectivity index (χ0n) is 13.1. The minimum atomic E-state index is -3.70. The zero-order valence-corrected chi connectivity index (χ0v) is 14.7. The zero-order chi connectivity index (χ0) is 16.9. The molecule has 1 saturated heterocycles. The third-order valence-electron chi connectivity index (χ3n) is 3.31. The number of hydrogen-bond acceptors (Lipinski definition) is 6. The van der Waals surface area contributed by atoms with Crippen LogP contribution in [0.3, 0.4) is 0 Å². The van der Waals surface area contributed by atoms with Crippen molar-refractivity contribution in [3.63, 3.8) is 0 Å². The summed E-state index contributed by atoms with van der Waals surface area (Å²) in [6, 6.07) is 4.60. The monoisotopic (exact) mass is 360 g/mol. The van der Waals surface area contributed by atoms with Gasteiger partial charge in [0.15, 0.2) is 0 Å². The lowest BCUT2D eigenvalue weighted by molar-refractivity contribution is -0.113. The van der Waals surface area contributed by atoms with Gasteiger partial charge in [0.2, 0.25) is 15.9 Å². The average Bonchev–Trinajstić information content (AvgIpc) is 2.56. The number of carbonyl (C=O) groups excluding carboxylic acids is 1. The van der Waals surface area contributed by atoms with Crippen molar-refractivity contribution < 1.29 is 22.7 Å². The maximum atomic E-state index is 12.8. The van der Waals surface area contributed by atoms with Crippen LogP contribution in [0, 0.1) is 0 Å². The second-order valence-electron chi connectivity index (χ2n) is 4.86. The van der Waals surface area contributed by atoms with E-state index >= 15 is 0 Å². The molecule has 1 N–H and O–H groups in total. The van der Waals surface area contributed by atoms with E-state index in [1.807, 2.05) is 6.26 Å². The molecule has 2 rings (SSSR count). The van der Waals surface area contributed by atoms with Gasteiger partial charge in [-0.3, -0.25) is 4.79 Å². The van der Waals surface area contributed by atoms with Crippen molar-refractivity contribution in [1.82, 2.24) is 4.31 Å². The van der Waals surface area contributed by atoms with E-state index in [1.54, 1.807) is 12.1 Å². The molecule has 0 spiro atoms. The van der Waals surface area contributed by atoms with Gasteiger partial charge in [-0.1, -0.05) is 0 Å². The van der Waals surface area contributed by atoms with Crippen molar-refractivity contribution in [3.05, 3.63) is 18.2 Å². The number of nitrogens with one attached hydrogen (secondary N) is 1. The number of carbonyl (C=O) groups is 1. The average molecular weight is 360 g/mol. The van der Waals surface area contributed by atoms with E-state index in [0.717, 1.165) is 0 Å². The summed E-state index contributed by atoms with van der Waals surface area (Å²) < 4.78 is 37.3. The molecule has 1 aromatic rings. The molecule has 128 valence electrons. The first-order chi connectivity index (χ1) is 11.0. The maximum absolute atomic E-state index is 12.8. The Morgan fingerprint density at radius 3 is 2.70 bits per heavy atom. The van der Waals surface area contributed by atoms with Gasteiger partial charge in [-0.05, 0) is 24.5 Å². The Morgan fingerprint density at radius 1 is 1.39 bits per heavy atom. The Hall–Kier alpha value is -1.29. The number of amides is 1. The topological polar surface area (TPSA) is 84.9 Å². The quantitative estimate of drug-likeness (QED) is 0.815. The van der Waals surface area contributed by atoms with Crippen LogP contribution in [0.4, 0.5) is 5.69 Å². The smallest absolute Gasteiger partial charge is 0.246 e. The van der Waals surface area contributed by atoms with E-state index in [1.165, 1.54) is 29.2 Å². The summed E-state index contributed by atoms with van der Waals surface area (Å²) in [6.07, 6.45) is 1.82. The highest BCUT2D eigenvalue weighted by Crippen LogP contribution is 2.30. The van der Waals surface area contributed by atoms with Gasteiger partial charge in [0.05, 0.1) is 26.1 Å². The molecular formula is C14H20N2O5S2. The van der Waals surface area contributed by atoms with Crippen LogP contribution in [-0.2, 0) is 19.6 Å². The molecular weight excluding hydrogens is 340 g/mol. The van der Waals surface area contributed by atoms with E-state index in [0.29, 0.717) is 37.7 Å². The minimum absolute atomic E-state index is 0.0452. The number of nitrogens with zero attached hydrogens (tertiary/aromatic N) is 1. The fourth-order valence-electron chi connectivity index (χ4n) is 2.21. The maximum Gasteiger partial charge on any atom is 0.246 e. The summed E-state index contributed by atoms with van der Waals surface area (Å²) in [5.41, 5.74) is 0.427. The Labute approximate surface area is 140 Å². The Kier molecular flexibility index (Phi) is 6.28. The molecule has 0 saturated carbocycles. The van der Waals surface area contributed by atoms with Crippen LogP contribution in [0.15, 0.2) is 23.1 Å². The standard InChI is InChI=1S/C14H20N2O5S2/c1-20-12-4-3-11(15-14(17)10-22-2)9-13(12)23(18,19)16-5-7-21-8-6-16/h3-4,9H,5-8,10H2,1-2H3,(H,15,17). The van der Waals surface area contributed by atoms with Crippen LogP contribution in [0.2, 0.25) is 0 Å². The highest BCUT2D eigenvalue weighted by Gasteiger charge is 2.29. The third kappa shape index (κ3) is 4.37. The van der Waals surface area contributed by atoms with Crippen LogP contribution in [0.1, 0.15) is 0 Å². The van der Waals surface area contributed by atoms with Crippen LogP contribution in [-0.4, -0.2) is 64.1 Å². The normalized spacial score (nSPS) is 16.1. The van der Waals surface area contributed by atoms with Gasteiger partial charge in [0.25, 0.3) is 0 Å². The summed E-state index contributed by atoms with van der Waals surface area (Å²) in [4.78, 5) is 11.7. The molecule has 0 unspecified atom stereocenters. The number of anilines is 1. The van der Waals surface area contributed by atoms with E-state index in [4.69, 9.17) is 9.47 Å². The Bertz CT molecular complexity index is 657. The van der Waals surface area contributed by atoms with Gasteiger partial charge < -0.3 is 14.8 Å². The van der Waals surface area contributed by atoms with Gasteiger partial charge >= 0.3 is 0 Å². The van der Waals surface area contributed by atoms with E-state index < -0.39 is 10.0 Å². The molecule has 0 bridgehead atoms. The van der Waals surface area contributed by atoms with Gasteiger partial charge in [0.1, 0.15) is 10.6 Å². The van der Waals surface area contributed by atoms with Crippen molar-refractivity contribution in [3.8, 4) is 5.75 Å². The largest absolute Gasteiger partial charge is 0.495 e. The molecule has 1 aliphatic rings. The number of methoxy groups -OCH3 is 1. The first-order valence-electron chi connectivity index (χ1n) is 7.03. The van der Waals surface area contributed by atoms with Gasteiger partial charge in [-0.25, -0.2) is 8.42 Å². The number of benzene rings is 1. The summed E-state index contributed by atoms with van der Waals surface area (Å²) in [7, 11) is -2.29. The van der Waals surface area contributed by atoms with Crippen molar-refractivity contribution in [2.75, 3.05) is 50.7 Å². The van der Waals surface area contributed by atoms with E-state index in [-0.39, 0.29) is 16.6 Å². The molecule has 1 heterocycles. The van der Waals surface area contributed by atoms with Crippen molar-refractivity contribution in [1.29, 1.82) is 0 Å². The van der Waals surface area contributed by atoms with E-state index in [9.17, 15) is 13.2 Å². The first kappa shape index (κ1) is 18.1. The van der Waals surface area contributed by atoms with Crippen molar-refractivity contribution in [2.24, 2.45) is 0 Å². The van der Waals surface area contributed by atoms with Crippen LogP contribution in [0.25, 0.3) is 0 Å². The molecule has 1 aliphatic heterocycles. The van der Waals surface area contributed by atoms with Crippen LogP contribution < -0.4 is 10.1 Å². The molecule has 0 aromatic heterocycles. The predicted octanol–water partition coefficient (Wildman–Crippen LogP) is 1.02. The highest BCUT2D eigenvalue weighted by atomic mass is 32.2. The summed E-state index contributed by atoms with van der Waals surface area (Å²) in [5, 5.41) is 2.69. The van der Waals surface area contributed by atoms with Crippen molar-refractivity contribution >= 4 is 33.4 Å². The SMILES string of the molecule is COc1ccc(NC(=O)CSC)cc1S(=O)(=O)N1CCOCC1. The minimum Gasteiger partial charge on any atom is -0.495 e. The molecule has 7 nitrogen and oxygen atoms in total. The third-order valence-corrected chi connectivity index (χ3v) is 5.78. The lowest BCUT2D eigenvalue weighted by atomic mass is 10.3. The molecule has 1 fully saturated rings. The fraction of sp³-hybridized carbons (Fsp3) is 0.500. The molecule has 23 heavy (non-hydrogen) atoms. The number of morpholine rings is 1. The summed E-state index contributed by atoms with van der Waals surface area (Å²) in [6.45, 7) is 1.33. The second kappa shape index (κ2) is 8.00. The summed E-state index contributed by atoms with van der Waals surface area (Å²) in [5.74, 6) is 0.370. The molecule has 1 amide bonds. The molecule has 0 atom stereocenters. The predicted molar refractivity (Wildman–Crippen MR) is 89.6 cm³/mol.